The molecular weight excluding hydrogens is 248 g/mol. The largest absolute Gasteiger partial charge is 0.385 e. The zero-order chi connectivity index (χ0) is 15.7. The molecule has 1 aliphatic rings. The molecule has 2 heteroatoms. The average Bonchev–Trinajstić information content (AvgIpc) is 2.22. The van der Waals surface area contributed by atoms with E-state index < -0.39 is 6.10 Å². The quantitative estimate of drug-likeness (QED) is 0.767. The highest BCUT2D eigenvalue weighted by Crippen LogP contribution is 2.39. The molecule has 1 N–H and O–H groups in total. The Morgan fingerprint density at radius 3 is 2.40 bits per heavy atom. The van der Waals surface area contributed by atoms with Crippen molar-refractivity contribution in [2.24, 2.45) is 10.8 Å². The molecule has 1 aliphatic carbocycles. The second kappa shape index (κ2) is 5.69. The highest BCUT2D eigenvalue weighted by atomic mass is 16.3. The number of rotatable bonds is 2. The first-order chi connectivity index (χ1) is 8.94. The fraction of sp³-hybridized carbons (Fsp3) is 0.611. The summed E-state index contributed by atoms with van der Waals surface area (Å²) in [6.45, 7) is 14.5. The molecule has 2 nitrogen and oxygen atoms in total. The number of allylic oxidation sites excluding steroid dienone is 5. The maximum atomic E-state index is 11.9. The average molecular weight is 276 g/mol. The maximum absolute atomic E-state index is 11.9. The Bertz CT molecular complexity index is 482. The van der Waals surface area contributed by atoms with E-state index in [9.17, 15) is 9.90 Å². The Kier molecular flexibility index (Phi) is 4.81. The van der Waals surface area contributed by atoms with Gasteiger partial charge in [0.2, 0.25) is 0 Å². The smallest absolute Gasteiger partial charge is 0.187 e. The second-order valence-corrected chi connectivity index (χ2v) is 7.59. The van der Waals surface area contributed by atoms with Crippen LogP contribution in [0.4, 0.5) is 0 Å². The van der Waals surface area contributed by atoms with E-state index in [-0.39, 0.29) is 16.6 Å². The summed E-state index contributed by atoms with van der Waals surface area (Å²) in [6, 6.07) is 0. The molecule has 0 amide bonds. The molecule has 112 valence electrons. The van der Waals surface area contributed by atoms with Crippen LogP contribution in [0.25, 0.3) is 0 Å². The molecular formula is C18H28O2. The Balaban J connectivity index is 3.12. The van der Waals surface area contributed by atoms with Crippen LogP contribution >= 0.6 is 0 Å². The minimum absolute atomic E-state index is 0.138. The van der Waals surface area contributed by atoms with Crippen LogP contribution in [0.5, 0.6) is 0 Å². The topological polar surface area (TPSA) is 37.3 Å². The lowest BCUT2D eigenvalue weighted by Gasteiger charge is -2.34. The van der Waals surface area contributed by atoms with Crippen molar-refractivity contribution in [3.05, 3.63) is 34.9 Å². The van der Waals surface area contributed by atoms with Gasteiger partial charge in [-0.05, 0) is 42.2 Å². The SMILES string of the molecule is CC1=C(/C=C/C(C)=C/C(C)(C)C)C(C)(C)CC(O)C1=O. The predicted molar refractivity (Wildman–Crippen MR) is 84.5 cm³/mol. The number of carbonyl (C=O) groups is 1. The van der Waals surface area contributed by atoms with Crippen molar-refractivity contribution in [2.45, 2.75) is 61.0 Å². The van der Waals surface area contributed by atoms with E-state index in [1.54, 1.807) is 0 Å². The maximum Gasteiger partial charge on any atom is 0.187 e. The zero-order valence-electron chi connectivity index (χ0n) is 13.9. The lowest BCUT2D eigenvalue weighted by atomic mass is 9.71. The minimum atomic E-state index is -0.853. The van der Waals surface area contributed by atoms with E-state index in [1.165, 1.54) is 5.57 Å². The third kappa shape index (κ3) is 4.17. The zero-order valence-corrected chi connectivity index (χ0v) is 13.9. The summed E-state index contributed by atoms with van der Waals surface area (Å²) in [5.41, 5.74) is 2.89. The molecule has 0 saturated carbocycles. The van der Waals surface area contributed by atoms with Crippen molar-refractivity contribution in [1.29, 1.82) is 0 Å². The molecule has 0 fully saturated rings. The normalized spacial score (nSPS) is 24.7. The van der Waals surface area contributed by atoms with E-state index in [1.807, 2.05) is 13.0 Å². The summed E-state index contributed by atoms with van der Waals surface area (Å²) >= 11 is 0. The third-order valence-electron chi connectivity index (χ3n) is 3.68. The molecule has 1 rings (SSSR count). The van der Waals surface area contributed by atoms with Gasteiger partial charge in [0.25, 0.3) is 0 Å². The van der Waals surface area contributed by atoms with Crippen LogP contribution in [0.1, 0.15) is 54.9 Å². The number of aliphatic hydroxyl groups excluding tert-OH is 1. The highest BCUT2D eigenvalue weighted by Gasteiger charge is 2.36. The summed E-state index contributed by atoms with van der Waals surface area (Å²) in [5.74, 6) is -0.138. The molecule has 0 radical (unpaired) electrons. The van der Waals surface area contributed by atoms with Crippen molar-refractivity contribution < 1.29 is 9.90 Å². The van der Waals surface area contributed by atoms with Crippen molar-refractivity contribution in [3.63, 3.8) is 0 Å². The number of carbonyl (C=O) groups excluding carboxylic acids is 1. The minimum Gasteiger partial charge on any atom is -0.385 e. The van der Waals surface area contributed by atoms with E-state index in [0.717, 1.165) is 5.57 Å². The van der Waals surface area contributed by atoms with Crippen LogP contribution in [-0.2, 0) is 4.79 Å². The molecule has 20 heavy (non-hydrogen) atoms. The van der Waals surface area contributed by atoms with Crippen LogP contribution in [0.2, 0.25) is 0 Å². The van der Waals surface area contributed by atoms with Gasteiger partial charge in [0, 0.05) is 0 Å². The first-order valence-corrected chi connectivity index (χ1v) is 7.25. The highest BCUT2D eigenvalue weighted by molar-refractivity contribution is 6.00. The van der Waals surface area contributed by atoms with Crippen molar-refractivity contribution in [1.82, 2.24) is 0 Å². The number of Topliss-reactive ketones (excluding diaryl/α,β-unsaturated/α-hetero) is 1. The van der Waals surface area contributed by atoms with E-state index in [4.69, 9.17) is 0 Å². The standard InChI is InChI=1S/C18H28O2/c1-12(10-17(3,4)5)8-9-14-13(2)16(20)15(19)11-18(14,6)7/h8-10,15,19H,11H2,1-7H3/b9-8+,12-10+. The lowest BCUT2D eigenvalue weighted by molar-refractivity contribution is -0.125. The summed E-state index contributed by atoms with van der Waals surface area (Å²) in [6.07, 6.45) is 5.96. The number of aliphatic hydroxyl groups is 1. The van der Waals surface area contributed by atoms with Gasteiger partial charge in [0.05, 0.1) is 0 Å². The number of ketones is 1. The van der Waals surface area contributed by atoms with E-state index in [0.29, 0.717) is 12.0 Å². The van der Waals surface area contributed by atoms with Crippen LogP contribution in [0.15, 0.2) is 34.9 Å². The van der Waals surface area contributed by atoms with Crippen molar-refractivity contribution in [2.75, 3.05) is 0 Å². The molecule has 0 aromatic carbocycles. The van der Waals surface area contributed by atoms with E-state index >= 15 is 0 Å². The van der Waals surface area contributed by atoms with Crippen LogP contribution in [0.3, 0.4) is 0 Å². The predicted octanol–water partition coefficient (Wildman–Crippen LogP) is 4.21. The van der Waals surface area contributed by atoms with Gasteiger partial charge in [-0.2, -0.15) is 0 Å². The Morgan fingerprint density at radius 2 is 1.90 bits per heavy atom. The van der Waals surface area contributed by atoms with Gasteiger partial charge < -0.3 is 5.11 Å². The van der Waals surface area contributed by atoms with Gasteiger partial charge in [-0.1, -0.05) is 58.4 Å². The molecule has 0 saturated heterocycles. The summed E-state index contributed by atoms with van der Waals surface area (Å²) in [7, 11) is 0. The van der Waals surface area contributed by atoms with Gasteiger partial charge in [-0.3, -0.25) is 4.79 Å². The third-order valence-corrected chi connectivity index (χ3v) is 3.68. The monoisotopic (exact) mass is 276 g/mol. The van der Waals surface area contributed by atoms with Gasteiger partial charge in [-0.15, -0.1) is 0 Å². The van der Waals surface area contributed by atoms with Crippen molar-refractivity contribution in [3.8, 4) is 0 Å². The number of hydrogen-bond acceptors (Lipinski definition) is 2. The lowest BCUT2D eigenvalue weighted by Crippen LogP contribution is -2.35. The Morgan fingerprint density at radius 1 is 1.35 bits per heavy atom. The van der Waals surface area contributed by atoms with Crippen LogP contribution in [0, 0.1) is 10.8 Å². The van der Waals surface area contributed by atoms with E-state index in [2.05, 4.69) is 53.7 Å². The Labute approximate surface area is 123 Å². The van der Waals surface area contributed by atoms with Gasteiger partial charge in [-0.25, -0.2) is 0 Å². The molecule has 0 aliphatic heterocycles. The Hall–Kier alpha value is -1.15. The van der Waals surface area contributed by atoms with Crippen LogP contribution in [-0.4, -0.2) is 17.0 Å². The molecule has 1 atom stereocenters. The summed E-state index contributed by atoms with van der Waals surface area (Å²) in [4.78, 5) is 11.9. The van der Waals surface area contributed by atoms with Gasteiger partial charge >= 0.3 is 0 Å². The summed E-state index contributed by atoms with van der Waals surface area (Å²) < 4.78 is 0. The fourth-order valence-corrected chi connectivity index (χ4v) is 2.87. The van der Waals surface area contributed by atoms with Crippen LogP contribution < -0.4 is 0 Å². The first-order valence-electron chi connectivity index (χ1n) is 7.25. The molecule has 0 heterocycles. The molecule has 0 aromatic rings. The van der Waals surface area contributed by atoms with Crippen molar-refractivity contribution >= 4 is 5.78 Å². The molecule has 1 unspecified atom stereocenters. The molecule has 0 bridgehead atoms. The van der Waals surface area contributed by atoms with Gasteiger partial charge in [0.15, 0.2) is 5.78 Å². The first kappa shape index (κ1) is 16.9. The summed E-state index contributed by atoms with van der Waals surface area (Å²) in [5, 5.41) is 9.81. The second-order valence-electron chi connectivity index (χ2n) is 7.59. The van der Waals surface area contributed by atoms with Gasteiger partial charge in [0.1, 0.15) is 6.10 Å². The fourth-order valence-electron chi connectivity index (χ4n) is 2.87. The molecule has 0 aromatic heterocycles. The molecule has 0 spiro atoms. The number of hydrogen-bond donors (Lipinski definition) is 1.